The van der Waals surface area contributed by atoms with Crippen molar-refractivity contribution in [1.82, 2.24) is 9.55 Å². The fourth-order valence-corrected chi connectivity index (χ4v) is 1.48. The van der Waals surface area contributed by atoms with E-state index in [1.54, 1.807) is 18.6 Å². The number of rotatable bonds is 5. The number of aromatic nitrogens is 2. The summed E-state index contributed by atoms with van der Waals surface area (Å²) in [5.41, 5.74) is 6.00. The average Bonchev–Trinajstić information content (AvgIpc) is 2.56. The summed E-state index contributed by atoms with van der Waals surface area (Å²) in [6.45, 7) is 3.12. The standard InChI is InChI=1S/C10H17N3O3/c1-7-12-8(10(14)16-3)9(11)13(7)5-4-6-15-2/h4-6,11H2,1-3H3. The van der Waals surface area contributed by atoms with Gasteiger partial charge in [-0.25, -0.2) is 9.78 Å². The molecule has 0 amide bonds. The van der Waals surface area contributed by atoms with E-state index < -0.39 is 5.97 Å². The summed E-state index contributed by atoms with van der Waals surface area (Å²) in [6, 6.07) is 0. The summed E-state index contributed by atoms with van der Waals surface area (Å²) in [5, 5.41) is 0. The summed E-state index contributed by atoms with van der Waals surface area (Å²) in [5.74, 6) is 0.542. The van der Waals surface area contributed by atoms with Crippen molar-refractivity contribution in [3.05, 3.63) is 11.5 Å². The molecule has 16 heavy (non-hydrogen) atoms. The molecule has 1 rings (SSSR count). The van der Waals surface area contributed by atoms with Crippen LogP contribution >= 0.6 is 0 Å². The number of hydrogen-bond donors (Lipinski definition) is 1. The molecule has 0 unspecified atom stereocenters. The van der Waals surface area contributed by atoms with Crippen molar-refractivity contribution in [3.63, 3.8) is 0 Å². The van der Waals surface area contributed by atoms with Crippen LogP contribution in [0, 0.1) is 6.92 Å². The van der Waals surface area contributed by atoms with Crippen LogP contribution in [0.25, 0.3) is 0 Å². The van der Waals surface area contributed by atoms with Crippen LogP contribution in [0.3, 0.4) is 0 Å². The van der Waals surface area contributed by atoms with Crippen LogP contribution in [-0.4, -0.2) is 36.3 Å². The number of aryl methyl sites for hydroxylation is 1. The Bertz CT molecular complexity index is 374. The summed E-state index contributed by atoms with van der Waals surface area (Å²) in [6.07, 6.45) is 0.818. The van der Waals surface area contributed by atoms with Gasteiger partial charge in [-0.1, -0.05) is 0 Å². The Balaban J connectivity index is 2.85. The molecule has 0 fully saturated rings. The first-order valence-corrected chi connectivity index (χ1v) is 5.01. The second-order valence-electron chi connectivity index (χ2n) is 3.38. The van der Waals surface area contributed by atoms with Crippen molar-refractivity contribution < 1.29 is 14.3 Å². The zero-order valence-electron chi connectivity index (χ0n) is 9.82. The van der Waals surface area contributed by atoms with Crippen LogP contribution < -0.4 is 5.73 Å². The SMILES string of the molecule is COCCCn1c(C)nc(C(=O)OC)c1N. The van der Waals surface area contributed by atoms with E-state index >= 15 is 0 Å². The number of anilines is 1. The van der Waals surface area contributed by atoms with Crippen molar-refractivity contribution in [3.8, 4) is 0 Å². The van der Waals surface area contributed by atoms with Gasteiger partial charge in [0.25, 0.3) is 0 Å². The molecule has 0 aromatic carbocycles. The minimum atomic E-state index is -0.508. The maximum absolute atomic E-state index is 11.3. The Hall–Kier alpha value is -1.56. The lowest BCUT2D eigenvalue weighted by Crippen LogP contribution is -2.09. The number of ether oxygens (including phenoxy) is 2. The molecule has 1 heterocycles. The maximum Gasteiger partial charge on any atom is 0.360 e. The third-order valence-electron chi connectivity index (χ3n) is 2.31. The zero-order chi connectivity index (χ0) is 12.1. The van der Waals surface area contributed by atoms with Gasteiger partial charge in [0.05, 0.1) is 7.11 Å². The molecule has 0 aliphatic carbocycles. The lowest BCUT2D eigenvalue weighted by Gasteiger charge is -2.06. The Morgan fingerprint density at radius 2 is 2.19 bits per heavy atom. The Morgan fingerprint density at radius 3 is 2.75 bits per heavy atom. The lowest BCUT2D eigenvalue weighted by atomic mass is 10.4. The fourth-order valence-electron chi connectivity index (χ4n) is 1.48. The summed E-state index contributed by atoms with van der Waals surface area (Å²) in [7, 11) is 2.95. The van der Waals surface area contributed by atoms with E-state index in [1.165, 1.54) is 7.11 Å². The van der Waals surface area contributed by atoms with E-state index in [1.807, 2.05) is 0 Å². The van der Waals surface area contributed by atoms with Gasteiger partial charge in [-0.2, -0.15) is 0 Å². The number of imidazole rings is 1. The molecule has 0 aliphatic heterocycles. The molecule has 2 N–H and O–H groups in total. The third kappa shape index (κ3) is 2.52. The zero-order valence-corrected chi connectivity index (χ0v) is 9.82. The molecular weight excluding hydrogens is 210 g/mol. The summed E-state index contributed by atoms with van der Waals surface area (Å²) >= 11 is 0. The van der Waals surface area contributed by atoms with Gasteiger partial charge in [-0.05, 0) is 13.3 Å². The molecule has 0 bridgehead atoms. The van der Waals surface area contributed by atoms with Gasteiger partial charge in [0.1, 0.15) is 11.6 Å². The number of methoxy groups -OCH3 is 2. The van der Waals surface area contributed by atoms with Crippen LogP contribution in [-0.2, 0) is 16.0 Å². The minimum absolute atomic E-state index is 0.178. The first kappa shape index (κ1) is 12.5. The van der Waals surface area contributed by atoms with Crippen molar-refractivity contribution in [1.29, 1.82) is 0 Å². The second kappa shape index (κ2) is 5.50. The fraction of sp³-hybridized carbons (Fsp3) is 0.600. The van der Waals surface area contributed by atoms with Gasteiger partial charge >= 0.3 is 5.97 Å². The number of hydrogen-bond acceptors (Lipinski definition) is 5. The normalized spacial score (nSPS) is 10.4. The van der Waals surface area contributed by atoms with Crippen LogP contribution in [0.2, 0.25) is 0 Å². The number of carbonyl (C=O) groups excluding carboxylic acids is 1. The number of nitrogens with zero attached hydrogens (tertiary/aromatic N) is 2. The molecule has 0 atom stereocenters. The van der Waals surface area contributed by atoms with Gasteiger partial charge in [-0.15, -0.1) is 0 Å². The average molecular weight is 227 g/mol. The highest BCUT2D eigenvalue weighted by molar-refractivity contribution is 5.92. The van der Waals surface area contributed by atoms with Gasteiger partial charge in [0.2, 0.25) is 0 Å². The lowest BCUT2D eigenvalue weighted by molar-refractivity contribution is 0.0595. The van der Waals surface area contributed by atoms with Crippen LogP contribution in [0.15, 0.2) is 0 Å². The molecule has 0 aliphatic rings. The van der Waals surface area contributed by atoms with Crippen molar-refractivity contribution >= 4 is 11.8 Å². The van der Waals surface area contributed by atoms with Gasteiger partial charge < -0.3 is 19.8 Å². The molecule has 1 aromatic heterocycles. The highest BCUT2D eigenvalue weighted by Crippen LogP contribution is 2.15. The Labute approximate surface area is 94.4 Å². The van der Waals surface area contributed by atoms with Crippen LogP contribution in [0.1, 0.15) is 22.7 Å². The highest BCUT2D eigenvalue weighted by Gasteiger charge is 2.18. The van der Waals surface area contributed by atoms with E-state index in [4.69, 9.17) is 10.5 Å². The summed E-state index contributed by atoms with van der Waals surface area (Å²) in [4.78, 5) is 15.4. The van der Waals surface area contributed by atoms with E-state index in [0.717, 1.165) is 6.42 Å². The molecule has 1 aromatic rings. The Kier molecular flexibility index (Phi) is 4.30. The smallest absolute Gasteiger partial charge is 0.360 e. The van der Waals surface area contributed by atoms with E-state index in [9.17, 15) is 4.79 Å². The van der Waals surface area contributed by atoms with Gasteiger partial charge in [-0.3, -0.25) is 0 Å². The Morgan fingerprint density at radius 1 is 1.50 bits per heavy atom. The number of carbonyl (C=O) groups is 1. The van der Waals surface area contributed by atoms with Crippen LogP contribution in [0.5, 0.6) is 0 Å². The van der Waals surface area contributed by atoms with Crippen LogP contribution in [0.4, 0.5) is 5.82 Å². The first-order chi connectivity index (χ1) is 7.61. The number of nitrogen functional groups attached to an aromatic ring is 1. The van der Waals surface area contributed by atoms with Crippen molar-refractivity contribution in [2.24, 2.45) is 0 Å². The number of nitrogens with two attached hydrogens (primary N) is 1. The van der Waals surface area contributed by atoms with E-state index in [0.29, 0.717) is 24.8 Å². The molecule has 0 saturated carbocycles. The predicted octanol–water partition coefficient (Wildman–Crippen LogP) is 0.597. The number of esters is 1. The third-order valence-corrected chi connectivity index (χ3v) is 2.31. The first-order valence-electron chi connectivity index (χ1n) is 5.01. The molecule has 0 spiro atoms. The highest BCUT2D eigenvalue weighted by atomic mass is 16.5. The summed E-state index contributed by atoms with van der Waals surface area (Å²) < 4.78 is 11.3. The monoisotopic (exact) mass is 227 g/mol. The van der Waals surface area contributed by atoms with Gasteiger partial charge in [0, 0.05) is 20.3 Å². The molecule has 0 saturated heterocycles. The molecule has 6 heteroatoms. The minimum Gasteiger partial charge on any atom is -0.464 e. The molecular formula is C10H17N3O3. The second-order valence-corrected chi connectivity index (χ2v) is 3.38. The maximum atomic E-state index is 11.3. The van der Waals surface area contributed by atoms with E-state index in [2.05, 4.69) is 9.72 Å². The van der Waals surface area contributed by atoms with Crippen molar-refractivity contribution in [2.75, 3.05) is 26.6 Å². The van der Waals surface area contributed by atoms with Crippen molar-refractivity contribution in [2.45, 2.75) is 19.9 Å². The van der Waals surface area contributed by atoms with Gasteiger partial charge in [0.15, 0.2) is 5.69 Å². The molecule has 0 radical (unpaired) electrons. The topological polar surface area (TPSA) is 79.4 Å². The molecule has 6 nitrogen and oxygen atoms in total. The largest absolute Gasteiger partial charge is 0.464 e. The quantitative estimate of drug-likeness (QED) is 0.588. The molecule has 90 valence electrons. The predicted molar refractivity (Wildman–Crippen MR) is 59.2 cm³/mol. The van der Waals surface area contributed by atoms with E-state index in [-0.39, 0.29) is 5.69 Å².